The molecule has 23 heavy (non-hydrogen) atoms. The Morgan fingerprint density at radius 1 is 1.35 bits per heavy atom. The molecule has 0 bridgehead atoms. The van der Waals surface area contributed by atoms with Crippen LogP contribution >= 0.6 is 0 Å². The molecule has 0 saturated carbocycles. The number of carbonyl (C=O) groups is 1. The van der Waals surface area contributed by atoms with Crippen molar-refractivity contribution in [1.82, 2.24) is 5.32 Å². The van der Waals surface area contributed by atoms with Crippen molar-refractivity contribution < 1.29 is 27.9 Å². The summed E-state index contributed by atoms with van der Waals surface area (Å²) in [5.41, 5.74) is 1.97. The van der Waals surface area contributed by atoms with Crippen LogP contribution in [0, 0.1) is 0 Å². The van der Waals surface area contributed by atoms with Gasteiger partial charge in [-0.25, -0.2) is 8.42 Å². The predicted octanol–water partition coefficient (Wildman–Crippen LogP) is -0.345. The van der Waals surface area contributed by atoms with Crippen molar-refractivity contribution in [3.8, 4) is 0 Å². The lowest BCUT2D eigenvalue weighted by molar-refractivity contribution is -0.123. The molecule has 0 saturated heterocycles. The standard InChI is InChI=1S/C14H22BNO6S/c1-3-11-5-4-6-12(9-11)10-14(22-15(18)19)16-13(17)7-8-23(2,20)21/h4-6,9,14,18-19H,3,7-8,10H2,1-2H3,(H,16,17)/t14-/m1/s1. The summed E-state index contributed by atoms with van der Waals surface area (Å²) < 4.78 is 27.0. The zero-order chi connectivity index (χ0) is 17.5. The Balaban J connectivity index is 2.69. The number of carbonyl (C=O) groups excluding carboxylic acids is 1. The second-order valence-corrected chi connectivity index (χ2v) is 7.54. The van der Waals surface area contributed by atoms with Gasteiger partial charge in [0.15, 0.2) is 0 Å². The van der Waals surface area contributed by atoms with Crippen molar-refractivity contribution in [3.05, 3.63) is 35.4 Å². The number of amides is 1. The molecular weight excluding hydrogens is 321 g/mol. The SMILES string of the molecule is CCc1cccc(C[C@H](NC(=O)CCS(C)(=O)=O)OB(O)O)c1. The molecule has 0 aliphatic rings. The summed E-state index contributed by atoms with van der Waals surface area (Å²) in [6.45, 7) is 2.01. The van der Waals surface area contributed by atoms with Gasteiger partial charge in [-0.3, -0.25) is 4.79 Å². The van der Waals surface area contributed by atoms with Gasteiger partial charge in [-0.05, 0) is 17.5 Å². The first-order chi connectivity index (χ1) is 10.7. The summed E-state index contributed by atoms with van der Waals surface area (Å²) in [6, 6.07) is 7.60. The molecule has 1 amide bonds. The molecule has 0 fully saturated rings. The average molecular weight is 343 g/mol. The van der Waals surface area contributed by atoms with E-state index in [1.165, 1.54) is 0 Å². The third-order valence-corrected chi connectivity index (χ3v) is 4.07. The van der Waals surface area contributed by atoms with Crippen molar-refractivity contribution in [1.29, 1.82) is 0 Å². The molecule has 7 nitrogen and oxygen atoms in total. The van der Waals surface area contributed by atoms with Crippen LogP contribution in [0.5, 0.6) is 0 Å². The number of hydrogen-bond donors (Lipinski definition) is 3. The van der Waals surface area contributed by atoms with E-state index in [4.69, 9.17) is 14.7 Å². The van der Waals surface area contributed by atoms with Gasteiger partial charge in [-0.1, -0.05) is 31.2 Å². The van der Waals surface area contributed by atoms with E-state index in [0.29, 0.717) is 0 Å². The third-order valence-electron chi connectivity index (χ3n) is 3.13. The average Bonchev–Trinajstić information content (AvgIpc) is 2.44. The van der Waals surface area contributed by atoms with Crippen LogP contribution in [0.3, 0.4) is 0 Å². The molecule has 3 N–H and O–H groups in total. The molecule has 0 aromatic heterocycles. The van der Waals surface area contributed by atoms with Gasteiger partial charge in [-0.2, -0.15) is 0 Å². The molecule has 0 unspecified atom stereocenters. The Labute approximate surface area is 136 Å². The highest BCUT2D eigenvalue weighted by molar-refractivity contribution is 7.90. The number of sulfone groups is 1. The van der Waals surface area contributed by atoms with Crippen LogP contribution in [0.2, 0.25) is 0 Å². The highest BCUT2D eigenvalue weighted by atomic mass is 32.2. The number of benzene rings is 1. The third kappa shape index (κ3) is 8.70. The molecule has 128 valence electrons. The fraction of sp³-hybridized carbons (Fsp3) is 0.500. The zero-order valence-electron chi connectivity index (χ0n) is 13.2. The Morgan fingerprint density at radius 2 is 2.00 bits per heavy atom. The van der Waals surface area contributed by atoms with Crippen LogP contribution in [0.1, 0.15) is 24.5 Å². The Hall–Kier alpha value is -1.42. The van der Waals surface area contributed by atoms with E-state index < -0.39 is 29.3 Å². The molecule has 1 atom stereocenters. The summed E-state index contributed by atoms with van der Waals surface area (Å²) >= 11 is 0. The Kier molecular flexibility index (Phi) is 7.70. The Bertz CT molecular complexity index is 619. The first-order valence-corrected chi connectivity index (χ1v) is 9.32. The number of rotatable bonds is 9. The fourth-order valence-electron chi connectivity index (χ4n) is 2.00. The van der Waals surface area contributed by atoms with Crippen molar-refractivity contribution in [2.75, 3.05) is 12.0 Å². The fourth-order valence-corrected chi connectivity index (χ4v) is 2.56. The first-order valence-electron chi connectivity index (χ1n) is 7.26. The predicted molar refractivity (Wildman–Crippen MR) is 87.1 cm³/mol. The molecular formula is C14H22BNO6S. The lowest BCUT2D eigenvalue weighted by atomic mass is 10.1. The second kappa shape index (κ2) is 9.02. The van der Waals surface area contributed by atoms with E-state index in [0.717, 1.165) is 23.8 Å². The molecule has 0 heterocycles. The normalized spacial score (nSPS) is 12.7. The van der Waals surface area contributed by atoms with E-state index in [2.05, 4.69) is 5.32 Å². The van der Waals surface area contributed by atoms with Crippen LogP contribution in [-0.2, 0) is 32.1 Å². The lowest BCUT2D eigenvalue weighted by Crippen LogP contribution is -2.42. The highest BCUT2D eigenvalue weighted by Gasteiger charge is 2.21. The quantitative estimate of drug-likeness (QED) is 0.417. The molecule has 0 radical (unpaired) electrons. The van der Waals surface area contributed by atoms with Crippen molar-refractivity contribution in [2.24, 2.45) is 0 Å². The molecule has 0 aliphatic heterocycles. The molecule has 0 aliphatic carbocycles. The van der Waals surface area contributed by atoms with Crippen LogP contribution < -0.4 is 5.32 Å². The van der Waals surface area contributed by atoms with Gasteiger partial charge in [0.25, 0.3) is 0 Å². The van der Waals surface area contributed by atoms with Gasteiger partial charge >= 0.3 is 7.32 Å². The maximum absolute atomic E-state index is 11.8. The van der Waals surface area contributed by atoms with Crippen LogP contribution in [0.4, 0.5) is 0 Å². The van der Waals surface area contributed by atoms with Gasteiger partial charge in [0, 0.05) is 19.1 Å². The van der Waals surface area contributed by atoms with E-state index in [-0.39, 0.29) is 18.6 Å². The zero-order valence-corrected chi connectivity index (χ0v) is 14.0. The number of hydrogen-bond acceptors (Lipinski definition) is 6. The Morgan fingerprint density at radius 3 is 2.57 bits per heavy atom. The minimum Gasteiger partial charge on any atom is -0.402 e. The summed E-state index contributed by atoms with van der Waals surface area (Å²) in [6.07, 6.45) is 0.949. The monoisotopic (exact) mass is 343 g/mol. The van der Waals surface area contributed by atoms with Gasteiger partial charge in [0.2, 0.25) is 5.91 Å². The molecule has 1 aromatic carbocycles. The number of aryl methyl sites for hydroxylation is 1. The van der Waals surface area contributed by atoms with Crippen molar-refractivity contribution >= 4 is 23.1 Å². The van der Waals surface area contributed by atoms with E-state index in [1.807, 2.05) is 31.2 Å². The van der Waals surface area contributed by atoms with Gasteiger partial charge in [0.05, 0.1) is 5.75 Å². The van der Waals surface area contributed by atoms with Crippen LogP contribution in [0.25, 0.3) is 0 Å². The second-order valence-electron chi connectivity index (χ2n) is 5.28. The maximum atomic E-state index is 11.8. The smallest absolute Gasteiger partial charge is 0.402 e. The maximum Gasteiger partial charge on any atom is 0.635 e. The van der Waals surface area contributed by atoms with E-state index in [1.54, 1.807) is 0 Å². The van der Waals surface area contributed by atoms with Crippen molar-refractivity contribution in [3.63, 3.8) is 0 Å². The summed E-state index contributed by atoms with van der Waals surface area (Å²) in [5, 5.41) is 20.4. The first kappa shape index (κ1) is 19.6. The molecule has 1 aromatic rings. The largest absolute Gasteiger partial charge is 0.635 e. The summed E-state index contributed by atoms with van der Waals surface area (Å²) in [7, 11) is -5.28. The molecule has 1 rings (SSSR count). The molecule has 9 heteroatoms. The van der Waals surface area contributed by atoms with Crippen LogP contribution in [-0.4, -0.2) is 49.9 Å². The topological polar surface area (TPSA) is 113 Å². The van der Waals surface area contributed by atoms with Gasteiger partial charge in [-0.15, -0.1) is 0 Å². The van der Waals surface area contributed by atoms with Gasteiger partial charge in [0.1, 0.15) is 16.1 Å². The van der Waals surface area contributed by atoms with Crippen molar-refractivity contribution in [2.45, 2.75) is 32.4 Å². The minimum atomic E-state index is -3.25. The summed E-state index contributed by atoms with van der Waals surface area (Å²) in [5.74, 6) is -0.814. The lowest BCUT2D eigenvalue weighted by Gasteiger charge is -2.19. The van der Waals surface area contributed by atoms with Gasteiger partial charge < -0.3 is 20.0 Å². The summed E-state index contributed by atoms with van der Waals surface area (Å²) in [4.78, 5) is 11.8. The van der Waals surface area contributed by atoms with E-state index >= 15 is 0 Å². The molecule has 0 spiro atoms. The van der Waals surface area contributed by atoms with Crippen LogP contribution in [0.15, 0.2) is 24.3 Å². The van der Waals surface area contributed by atoms with E-state index in [9.17, 15) is 13.2 Å². The number of nitrogens with one attached hydrogen (secondary N) is 1. The minimum absolute atomic E-state index is 0.213. The highest BCUT2D eigenvalue weighted by Crippen LogP contribution is 2.09.